The maximum Gasteiger partial charge on any atom is 0.416 e. The van der Waals surface area contributed by atoms with E-state index in [1.54, 1.807) is 6.07 Å². The molecule has 1 heterocycles. The third-order valence-electron chi connectivity index (χ3n) is 5.01. The Labute approximate surface area is 145 Å². The van der Waals surface area contributed by atoms with E-state index in [4.69, 9.17) is 0 Å². The number of amides is 1. The molecule has 2 atom stereocenters. The van der Waals surface area contributed by atoms with E-state index in [0.29, 0.717) is 18.4 Å². The lowest BCUT2D eigenvalue weighted by molar-refractivity contribution is -0.137. The van der Waals surface area contributed by atoms with E-state index in [-0.39, 0.29) is 30.4 Å². The summed E-state index contributed by atoms with van der Waals surface area (Å²) in [6, 6.07) is 5.41. The third kappa shape index (κ3) is 3.70. The topological polar surface area (TPSA) is 41.1 Å². The number of rotatable bonds is 3. The zero-order valence-corrected chi connectivity index (χ0v) is 14.3. The van der Waals surface area contributed by atoms with Crippen LogP contribution in [0.25, 0.3) is 0 Å². The molecule has 0 radical (unpaired) electrons. The average Bonchev–Trinajstić information content (AvgIpc) is 3.31. The van der Waals surface area contributed by atoms with Gasteiger partial charge in [-0.1, -0.05) is 18.2 Å². The number of hydrogen-bond donors (Lipinski definition) is 2. The Hall–Kier alpha value is -1.27. The number of benzene rings is 1. The van der Waals surface area contributed by atoms with Crippen LogP contribution < -0.4 is 10.6 Å². The molecule has 2 fully saturated rings. The molecule has 7 heteroatoms. The summed E-state index contributed by atoms with van der Waals surface area (Å²) >= 11 is 0. The Morgan fingerprint density at radius 2 is 2.04 bits per heavy atom. The fourth-order valence-electron chi connectivity index (χ4n) is 3.31. The minimum absolute atomic E-state index is 0. The van der Waals surface area contributed by atoms with Gasteiger partial charge in [0.15, 0.2) is 0 Å². The van der Waals surface area contributed by atoms with Gasteiger partial charge in [0.2, 0.25) is 5.91 Å². The SMILES string of the molecule is CC1NCCCC1NC(=O)C1(c2cccc(C(F)(F)F)c2)CC1.Cl. The molecule has 1 amide bonds. The molecular weight excluding hydrogens is 341 g/mol. The van der Waals surface area contributed by atoms with Crippen molar-refractivity contribution in [1.29, 1.82) is 0 Å². The second-order valence-corrected chi connectivity index (χ2v) is 6.63. The van der Waals surface area contributed by atoms with Gasteiger partial charge in [0.1, 0.15) is 0 Å². The van der Waals surface area contributed by atoms with Gasteiger partial charge in [-0.15, -0.1) is 12.4 Å². The van der Waals surface area contributed by atoms with Gasteiger partial charge in [-0.3, -0.25) is 4.79 Å². The molecule has 24 heavy (non-hydrogen) atoms. The Balaban J connectivity index is 0.00000208. The van der Waals surface area contributed by atoms with Gasteiger partial charge in [-0.05, 0) is 50.8 Å². The van der Waals surface area contributed by atoms with Crippen LogP contribution >= 0.6 is 12.4 Å². The standard InChI is InChI=1S/C17H21F3N2O.ClH/c1-11-14(6-3-9-21-11)22-15(23)16(7-8-16)12-4-2-5-13(10-12)17(18,19)20;/h2,4-5,10-11,14,21H,3,6-9H2,1H3,(H,22,23);1H. The van der Waals surface area contributed by atoms with Gasteiger partial charge < -0.3 is 10.6 Å². The van der Waals surface area contributed by atoms with Crippen molar-refractivity contribution in [2.45, 2.75) is 56.3 Å². The first kappa shape index (κ1) is 19.1. The number of carbonyl (C=O) groups is 1. The number of alkyl halides is 3. The quantitative estimate of drug-likeness (QED) is 0.865. The minimum atomic E-state index is -4.38. The van der Waals surface area contributed by atoms with Crippen LogP contribution in [0.1, 0.15) is 43.7 Å². The van der Waals surface area contributed by atoms with Crippen molar-refractivity contribution in [2.75, 3.05) is 6.54 Å². The first-order valence-electron chi connectivity index (χ1n) is 8.05. The summed E-state index contributed by atoms with van der Waals surface area (Å²) in [5.41, 5.74) is -0.999. The average molecular weight is 363 g/mol. The van der Waals surface area contributed by atoms with Crippen LogP contribution in [0.3, 0.4) is 0 Å². The van der Waals surface area contributed by atoms with Crippen molar-refractivity contribution in [3.63, 3.8) is 0 Å². The number of carbonyl (C=O) groups excluding carboxylic acids is 1. The number of hydrogen-bond acceptors (Lipinski definition) is 2. The maximum atomic E-state index is 12.9. The lowest BCUT2D eigenvalue weighted by atomic mass is 9.91. The molecule has 1 aromatic rings. The summed E-state index contributed by atoms with van der Waals surface area (Å²) < 4.78 is 38.7. The van der Waals surface area contributed by atoms with E-state index in [2.05, 4.69) is 10.6 Å². The highest BCUT2D eigenvalue weighted by atomic mass is 35.5. The molecule has 2 aliphatic rings. The molecule has 0 bridgehead atoms. The minimum Gasteiger partial charge on any atom is -0.351 e. The van der Waals surface area contributed by atoms with Crippen LogP contribution in [0.15, 0.2) is 24.3 Å². The molecule has 0 spiro atoms. The summed E-state index contributed by atoms with van der Waals surface area (Å²) in [7, 11) is 0. The highest BCUT2D eigenvalue weighted by molar-refractivity contribution is 5.91. The monoisotopic (exact) mass is 362 g/mol. The molecule has 2 N–H and O–H groups in total. The van der Waals surface area contributed by atoms with Gasteiger partial charge in [0, 0.05) is 12.1 Å². The molecule has 3 nitrogen and oxygen atoms in total. The predicted octanol–water partition coefficient (Wildman–Crippen LogP) is 3.42. The van der Waals surface area contributed by atoms with Crippen molar-refractivity contribution < 1.29 is 18.0 Å². The fourth-order valence-corrected chi connectivity index (χ4v) is 3.31. The van der Waals surface area contributed by atoms with Crippen LogP contribution in [0.4, 0.5) is 13.2 Å². The molecule has 0 aromatic heterocycles. The lowest BCUT2D eigenvalue weighted by Crippen LogP contribution is -2.54. The zero-order valence-electron chi connectivity index (χ0n) is 13.5. The number of nitrogens with one attached hydrogen (secondary N) is 2. The van der Waals surface area contributed by atoms with Gasteiger partial charge in [-0.25, -0.2) is 0 Å². The maximum absolute atomic E-state index is 12.9. The summed E-state index contributed by atoms with van der Waals surface area (Å²) in [5.74, 6) is -0.141. The van der Waals surface area contributed by atoms with E-state index >= 15 is 0 Å². The highest BCUT2D eigenvalue weighted by Gasteiger charge is 2.52. The smallest absolute Gasteiger partial charge is 0.351 e. The van der Waals surface area contributed by atoms with Crippen molar-refractivity contribution in [3.05, 3.63) is 35.4 Å². The zero-order chi connectivity index (χ0) is 16.7. The largest absolute Gasteiger partial charge is 0.416 e. The van der Waals surface area contributed by atoms with Crippen LogP contribution in [0.5, 0.6) is 0 Å². The molecule has 1 aromatic carbocycles. The molecule has 1 saturated heterocycles. The van der Waals surface area contributed by atoms with Gasteiger partial charge >= 0.3 is 6.18 Å². The van der Waals surface area contributed by atoms with Gasteiger partial charge in [0.05, 0.1) is 11.0 Å². The molecular formula is C17H22ClF3N2O. The van der Waals surface area contributed by atoms with Crippen molar-refractivity contribution >= 4 is 18.3 Å². The second kappa shape index (κ2) is 6.92. The number of halogens is 4. The Morgan fingerprint density at radius 3 is 2.62 bits per heavy atom. The number of piperidine rings is 1. The first-order valence-corrected chi connectivity index (χ1v) is 8.05. The molecule has 1 saturated carbocycles. The van der Waals surface area contributed by atoms with E-state index in [1.165, 1.54) is 6.07 Å². The summed E-state index contributed by atoms with van der Waals surface area (Å²) in [6.45, 7) is 2.96. The molecule has 1 aliphatic carbocycles. The Kier molecular flexibility index (Phi) is 5.50. The Morgan fingerprint density at radius 1 is 1.33 bits per heavy atom. The summed E-state index contributed by atoms with van der Waals surface area (Å²) in [4.78, 5) is 12.7. The van der Waals surface area contributed by atoms with E-state index in [9.17, 15) is 18.0 Å². The second-order valence-electron chi connectivity index (χ2n) is 6.63. The van der Waals surface area contributed by atoms with Crippen LogP contribution in [0.2, 0.25) is 0 Å². The van der Waals surface area contributed by atoms with Crippen LogP contribution in [-0.4, -0.2) is 24.5 Å². The third-order valence-corrected chi connectivity index (χ3v) is 5.01. The Bertz CT molecular complexity index is 602. The summed E-state index contributed by atoms with van der Waals surface area (Å²) in [6.07, 6.45) is -1.28. The molecule has 1 aliphatic heterocycles. The van der Waals surface area contributed by atoms with Crippen molar-refractivity contribution in [1.82, 2.24) is 10.6 Å². The molecule has 3 rings (SSSR count). The highest BCUT2D eigenvalue weighted by Crippen LogP contribution is 2.49. The van der Waals surface area contributed by atoms with Gasteiger partial charge in [0.25, 0.3) is 0 Å². The van der Waals surface area contributed by atoms with E-state index < -0.39 is 17.2 Å². The molecule has 134 valence electrons. The summed E-state index contributed by atoms with van der Waals surface area (Å²) in [5, 5.41) is 6.36. The lowest BCUT2D eigenvalue weighted by Gasteiger charge is -2.32. The predicted molar refractivity (Wildman–Crippen MR) is 88.2 cm³/mol. The normalized spacial score (nSPS) is 25.5. The fraction of sp³-hybridized carbons (Fsp3) is 0.588. The van der Waals surface area contributed by atoms with Crippen LogP contribution in [-0.2, 0) is 16.4 Å². The van der Waals surface area contributed by atoms with Crippen molar-refractivity contribution in [2.24, 2.45) is 0 Å². The molecule has 2 unspecified atom stereocenters. The first-order chi connectivity index (χ1) is 10.8. The van der Waals surface area contributed by atoms with E-state index in [1.807, 2.05) is 6.92 Å². The van der Waals surface area contributed by atoms with Crippen molar-refractivity contribution in [3.8, 4) is 0 Å². The van der Waals surface area contributed by atoms with Crippen LogP contribution in [0, 0.1) is 0 Å². The van der Waals surface area contributed by atoms with Gasteiger partial charge in [-0.2, -0.15) is 13.2 Å². The van der Waals surface area contributed by atoms with E-state index in [0.717, 1.165) is 31.5 Å².